The van der Waals surface area contributed by atoms with Gasteiger partial charge in [-0.1, -0.05) is 54.6 Å². The number of hydrogen-bond acceptors (Lipinski definition) is 2. The quantitative estimate of drug-likeness (QED) is 0.382. The van der Waals surface area contributed by atoms with Gasteiger partial charge in [-0.2, -0.15) is 5.26 Å². The number of halogens is 1. The van der Waals surface area contributed by atoms with Crippen LogP contribution in [0.4, 0.5) is 0 Å². The van der Waals surface area contributed by atoms with E-state index < -0.39 is 0 Å². The summed E-state index contributed by atoms with van der Waals surface area (Å²) in [5.74, 6) is 0.671. The minimum atomic E-state index is 0.378. The van der Waals surface area contributed by atoms with Gasteiger partial charge in [0.2, 0.25) is 0 Å². The zero-order chi connectivity index (χ0) is 22.6. The van der Waals surface area contributed by atoms with Crippen molar-refractivity contribution < 1.29 is 0 Å². The highest BCUT2D eigenvalue weighted by atomic mass is 35.5. The standard InChI is InChI=1S/C26H36ClN.C2H3N/c1-20(2)28(18-17-22-7-5-4-6-8-22)21(3)9-10-23-11-13-24(14-12-23)25-15-16-26(27)19-25;1-2-3/h4-8,11-14,20-21,25-26H,9-10,15-19H2,1-3H3;1H3. The summed E-state index contributed by atoms with van der Waals surface area (Å²) in [5, 5.41) is 7.70. The van der Waals surface area contributed by atoms with Gasteiger partial charge in [0.15, 0.2) is 0 Å². The number of nitriles is 1. The van der Waals surface area contributed by atoms with E-state index in [9.17, 15) is 0 Å². The second kappa shape index (κ2) is 13.6. The largest absolute Gasteiger partial charge is 0.298 e. The second-order valence-corrected chi connectivity index (χ2v) is 9.64. The molecular weight excluding hydrogens is 400 g/mol. The maximum Gasteiger partial charge on any atom is 0.0587 e. The van der Waals surface area contributed by atoms with Gasteiger partial charge in [0.25, 0.3) is 0 Å². The Bertz CT molecular complexity index is 779. The Morgan fingerprint density at radius 2 is 1.58 bits per heavy atom. The van der Waals surface area contributed by atoms with Gasteiger partial charge in [0, 0.05) is 30.9 Å². The van der Waals surface area contributed by atoms with Gasteiger partial charge in [-0.15, -0.1) is 11.6 Å². The fourth-order valence-corrected chi connectivity index (χ4v) is 4.96. The average molecular weight is 439 g/mol. The Morgan fingerprint density at radius 3 is 2.13 bits per heavy atom. The molecule has 0 heterocycles. The Kier molecular flexibility index (Phi) is 11.1. The van der Waals surface area contributed by atoms with Gasteiger partial charge in [-0.05, 0) is 81.9 Å². The first-order valence-electron chi connectivity index (χ1n) is 11.8. The molecular formula is C28H39ClN2. The Balaban J connectivity index is 0.00000107. The highest BCUT2D eigenvalue weighted by Crippen LogP contribution is 2.37. The van der Waals surface area contributed by atoms with E-state index in [0.29, 0.717) is 23.4 Å². The topological polar surface area (TPSA) is 27.0 Å². The van der Waals surface area contributed by atoms with E-state index in [1.165, 1.54) is 42.9 Å². The van der Waals surface area contributed by atoms with Crippen LogP contribution in [-0.2, 0) is 12.8 Å². The monoisotopic (exact) mass is 438 g/mol. The van der Waals surface area contributed by atoms with Gasteiger partial charge in [0.05, 0.1) is 6.07 Å². The SMILES string of the molecule is CC#N.CC(C)N(CCc1ccccc1)C(C)CCc1ccc(C2CCC(Cl)C2)cc1. The molecule has 2 nitrogen and oxygen atoms in total. The first-order chi connectivity index (χ1) is 14.9. The molecule has 3 rings (SSSR count). The molecule has 1 saturated carbocycles. The van der Waals surface area contributed by atoms with Crippen LogP contribution in [0.1, 0.15) is 76.0 Å². The average Bonchev–Trinajstić information content (AvgIpc) is 3.20. The molecule has 168 valence electrons. The van der Waals surface area contributed by atoms with Crippen molar-refractivity contribution in [2.45, 2.75) is 89.6 Å². The van der Waals surface area contributed by atoms with Gasteiger partial charge < -0.3 is 0 Å². The molecule has 0 amide bonds. The smallest absolute Gasteiger partial charge is 0.0587 e. The molecule has 2 aromatic rings. The molecule has 31 heavy (non-hydrogen) atoms. The minimum Gasteiger partial charge on any atom is -0.298 e. The van der Waals surface area contributed by atoms with Gasteiger partial charge in [0.1, 0.15) is 0 Å². The Morgan fingerprint density at radius 1 is 0.968 bits per heavy atom. The van der Waals surface area contributed by atoms with Crippen LogP contribution < -0.4 is 0 Å². The lowest BCUT2D eigenvalue weighted by Gasteiger charge is -2.33. The molecule has 3 heteroatoms. The summed E-state index contributed by atoms with van der Waals surface area (Å²) in [7, 11) is 0. The van der Waals surface area contributed by atoms with E-state index in [0.717, 1.165) is 25.8 Å². The van der Waals surface area contributed by atoms with Crippen LogP contribution >= 0.6 is 11.6 Å². The van der Waals surface area contributed by atoms with E-state index in [1.54, 1.807) is 6.07 Å². The van der Waals surface area contributed by atoms with E-state index in [2.05, 4.69) is 80.3 Å². The lowest BCUT2D eigenvalue weighted by molar-refractivity contribution is 0.158. The van der Waals surface area contributed by atoms with Crippen molar-refractivity contribution >= 4 is 11.6 Å². The number of nitrogens with zero attached hydrogens (tertiary/aromatic N) is 2. The Hall–Kier alpha value is -1.82. The molecule has 0 spiro atoms. The van der Waals surface area contributed by atoms with E-state index in [1.807, 2.05) is 0 Å². The molecule has 0 N–H and O–H groups in total. The number of aryl methyl sites for hydroxylation is 1. The van der Waals surface area contributed by atoms with Crippen LogP contribution in [0.5, 0.6) is 0 Å². The number of benzene rings is 2. The summed E-state index contributed by atoms with van der Waals surface area (Å²) >= 11 is 6.29. The summed E-state index contributed by atoms with van der Waals surface area (Å²) in [6.07, 6.45) is 7.04. The predicted molar refractivity (Wildman–Crippen MR) is 134 cm³/mol. The zero-order valence-electron chi connectivity index (χ0n) is 19.7. The first-order valence-corrected chi connectivity index (χ1v) is 12.2. The molecule has 0 aromatic heterocycles. The molecule has 0 radical (unpaired) electrons. The van der Waals surface area contributed by atoms with Crippen LogP contribution in [0, 0.1) is 11.3 Å². The van der Waals surface area contributed by atoms with Crippen molar-refractivity contribution in [3.63, 3.8) is 0 Å². The van der Waals surface area contributed by atoms with Gasteiger partial charge in [-0.3, -0.25) is 4.90 Å². The third-order valence-electron chi connectivity index (χ3n) is 6.40. The first kappa shape index (κ1) is 25.4. The van der Waals surface area contributed by atoms with Crippen LogP contribution in [0.25, 0.3) is 0 Å². The molecule has 3 unspecified atom stereocenters. The van der Waals surface area contributed by atoms with Crippen LogP contribution in [-0.4, -0.2) is 28.9 Å². The van der Waals surface area contributed by atoms with Crippen molar-refractivity contribution in [1.82, 2.24) is 4.90 Å². The third-order valence-corrected chi connectivity index (χ3v) is 6.80. The van der Waals surface area contributed by atoms with Crippen LogP contribution in [0.2, 0.25) is 0 Å². The maximum atomic E-state index is 7.32. The van der Waals surface area contributed by atoms with Crippen LogP contribution in [0.15, 0.2) is 54.6 Å². The molecule has 1 fully saturated rings. The van der Waals surface area contributed by atoms with Crippen molar-refractivity contribution in [3.8, 4) is 6.07 Å². The number of alkyl halides is 1. The van der Waals surface area contributed by atoms with Crippen molar-refractivity contribution in [2.24, 2.45) is 0 Å². The summed E-state index contributed by atoms with van der Waals surface area (Å²) in [6.45, 7) is 9.59. The highest BCUT2D eigenvalue weighted by molar-refractivity contribution is 6.20. The minimum absolute atomic E-state index is 0.378. The fourth-order valence-electron chi connectivity index (χ4n) is 4.62. The van der Waals surface area contributed by atoms with Crippen molar-refractivity contribution in [3.05, 3.63) is 71.3 Å². The molecule has 0 bridgehead atoms. The fraction of sp³-hybridized carbons (Fsp3) is 0.536. The predicted octanol–water partition coefficient (Wildman–Crippen LogP) is 7.37. The van der Waals surface area contributed by atoms with Gasteiger partial charge in [-0.25, -0.2) is 0 Å². The number of hydrogen-bond donors (Lipinski definition) is 0. The lowest BCUT2D eigenvalue weighted by atomic mass is 9.95. The van der Waals surface area contributed by atoms with E-state index in [4.69, 9.17) is 16.9 Å². The molecule has 3 atom stereocenters. The second-order valence-electron chi connectivity index (χ2n) is 9.03. The molecule has 0 aliphatic heterocycles. The highest BCUT2D eigenvalue weighted by Gasteiger charge is 2.24. The summed E-state index contributed by atoms with van der Waals surface area (Å²) in [4.78, 5) is 2.65. The maximum absolute atomic E-state index is 7.32. The van der Waals surface area contributed by atoms with Crippen molar-refractivity contribution in [2.75, 3.05) is 6.54 Å². The third kappa shape index (κ3) is 8.68. The molecule has 0 saturated heterocycles. The van der Waals surface area contributed by atoms with Gasteiger partial charge >= 0.3 is 0 Å². The molecule has 2 aromatic carbocycles. The summed E-state index contributed by atoms with van der Waals surface area (Å²) < 4.78 is 0. The molecule has 1 aliphatic carbocycles. The van der Waals surface area contributed by atoms with E-state index >= 15 is 0 Å². The Labute approximate surface area is 195 Å². The lowest BCUT2D eigenvalue weighted by Crippen LogP contribution is -2.40. The summed E-state index contributed by atoms with van der Waals surface area (Å²) in [6, 6.07) is 23.1. The summed E-state index contributed by atoms with van der Waals surface area (Å²) in [5.41, 5.74) is 4.37. The molecule has 1 aliphatic rings. The van der Waals surface area contributed by atoms with E-state index in [-0.39, 0.29) is 0 Å². The zero-order valence-corrected chi connectivity index (χ0v) is 20.5. The van der Waals surface area contributed by atoms with Crippen LogP contribution in [0.3, 0.4) is 0 Å². The van der Waals surface area contributed by atoms with Crippen molar-refractivity contribution in [1.29, 1.82) is 5.26 Å². The normalized spacial score (nSPS) is 19.0. The number of rotatable bonds is 9.